The molecule has 0 spiro atoms. The Labute approximate surface area is 121 Å². The highest BCUT2D eigenvalue weighted by atomic mass is 32.2. The minimum Gasteiger partial charge on any atom is -0.352 e. The third-order valence-electron chi connectivity index (χ3n) is 4.47. The lowest BCUT2D eigenvalue weighted by Gasteiger charge is -2.24. The van der Waals surface area contributed by atoms with Crippen LogP contribution in [0.1, 0.15) is 52.4 Å². The van der Waals surface area contributed by atoms with Crippen LogP contribution in [0.15, 0.2) is 0 Å². The number of carbonyl (C=O) groups excluding carboxylic acids is 1. The van der Waals surface area contributed by atoms with E-state index in [0.717, 1.165) is 30.3 Å². The van der Waals surface area contributed by atoms with E-state index >= 15 is 0 Å². The Kier molecular flexibility index (Phi) is 6.02. The van der Waals surface area contributed by atoms with Crippen molar-refractivity contribution in [2.45, 2.75) is 70.5 Å². The molecule has 4 unspecified atom stereocenters. The molecule has 2 aliphatic rings. The molecule has 4 atom stereocenters. The first kappa shape index (κ1) is 15.2. The minimum absolute atomic E-state index is 0.0642. The standard InChI is InChI=1S/C15H28N2OS/c1-3-19-9-8-11(2)16-15(18)14-10-12-6-4-5-7-13(12)17-14/h11-14,17H,3-10H2,1-2H3,(H,16,18). The van der Waals surface area contributed by atoms with Crippen LogP contribution in [0.2, 0.25) is 0 Å². The van der Waals surface area contributed by atoms with Crippen LogP contribution < -0.4 is 10.6 Å². The molecule has 2 rings (SSSR count). The Morgan fingerprint density at radius 2 is 2.21 bits per heavy atom. The quantitative estimate of drug-likeness (QED) is 0.737. The number of hydrogen-bond acceptors (Lipinski definition) is 3. The van der Waals surface area contributed by atoms with Gasteiger partial charge in [-0.3, -0.25) is 4.79 Å². The maximum atomic E-state index is 12.3. The molecule has 0 bridgehead atoms. The summed E-state index contributed by atoms with van der Waals surface area (Å²) in [7, 11) is 0. The molecule has 0 radical (unpaired) electrons. The molecule has 0 aromatic heterocycles. The predicted octanol–water partition coefficient (Wildman–Crippen LogP) is 2.55. The number of carbonyl (C=O) groups is 1. The van der Waals surface area contributed by atoms with Crippen molar-refractivity contribution in [3.63, 3.8) is 0 Å². The summed E-state index contributed by atoms with van der Waals surface area (Å²) in [6.45, 7) is 4.30. The van der Waals surface area contributed by atoms with Crippen molar-refractivity contribution in [2.24, 2.45) is 5.92 Å². The third kappa shape index (κ3) is 4.38. The molecule has 3 nitrogen and oxygen atoms in total. The lowest BCUT2D eigenvalue weighted by Crippen LogP contribution is -2.46. The molecule has 1 saturated carbocycles. The normalized spacial score (nSPS) is 31.8. The summed E-state index contributed by atoms with van der Waals surface area (Å²) < 4.78 is 0. The van der Waals surface area contributed by atoms with Crippen LogP contribution in [-0.4, -0.2) is 35.5 Å². The molecule has 4 heteroatoms. The zero-order chi connectivity index (χ0) is 13.7. The van der Waals surface area contributed by atoms with Gasteiger partial charge in [-0.15, -0.1) is 0 Å². The fraction of sp³-hybridized carbons (Fsp3) is 0.933. The van der Waals surface area contributed by atoms with Crippen LogP contribution in [0.5, 0.6) is 0 Å². The molecular formula is C15H28N2OS. The molecule has 1 aliphatic carbocycles. The van der Waals surface area contributed by atoms with Crippen molar-refractivity contribution in [1.29, 1.82) is 0 Å². The Hall–Kier alpha value is -0.220. The SMILES string of the molecule is CCSCCC(C)NC(=O)C1CC2CCCCC2N1. The summed E-state index contributed by atoms with van der Waals surface area (Å²) in [4.78, 5) is 12.3. The molecule has 1 saturated heterocycles. The molecule has 0 aromatic rings. The number of amides is 1. The highest BCUT2D eigenvalue weighted by Gasteiger charge is 2.38. The van der Waals surface area contributed by atoms with E-state index in [1.54, 1.807) is 0 Å². The second-order valence-electron chi connectivity index (χ2n) is 6.00. The number of rotatable bonds is 6. The summed E-state index contributed by atoms with van der Waals surface area (Å²) in [5, 5.41) is 6.72. The van der Waals surface area contributed by atoms with Crippen molar-refractivity contribution in [1.82, 2.24) is 10.6 Å². The topological polar surface area (TPSA) is 41.1 Å². The van der Waals surface area contributed by atoms with E-state index in [0.29, 0.717) is 12.1 Å². The van der Waals surface area contributed by atoms with Crippen molar-refractivity contribution in [3.8, 4) is 0 Å². The summed E-state index contributed by atoms with van der Waals surface area (Å²) in [6, 6.07) is 0.973. The third-order valence-corrected chi connectivity index (χ3v) is 5.40. The lowest BCUT2D eigenvalue weighted by atomic mass is 9.85. The van der Waals surface area contributed by atoms with Gasteiger partial charge in [0.1, 0.15) is 0 Å². The van der Waals surface area contributed by atoms with Crippen molar-refractivity contribution in [2.75, 3.05) is 11.5 Å². The van der Waals surface area contributed by atoms with Gasteiger partial charge in [0.05, 0.1) is 6.04 Å². The van der Waals surface area contributed by atoms with Crippen LogP contribution in [0.3, 0.4) is 0 Å². The van der Waals surface area contributed by atoms with Crippen LogP contribution in [-0.2, 0) is 4.79 Å². The summed E-state index contributed by atoms with van der Waals surface area (Å²) in [6.07, 6.45) is 7.37. The molecule has 1 aliphatic heterocycles. The average molecular weight is 284 g/mol. The zero-order valence-corrected chi connectivity index (χ0v) is 13.1. The van der Waals surface area contributed by atoms with Gasteiger partial charge >= 0.3 is 0 Å². The number of nitrogens with one attached hydrogen (secondary N) is 2. The van der Waals surface area contributed by atoms with E-state index in [1.807, 2.05) is 11.8 Å². The van der Waals surface area contributed by atoms with Crippen molar-refractivity contribution in [3.05, 3.63) is 0 Å². The van der Waals surface area contributed by atoms with Gasteiger partial charge in [-0.2, -0.15) is 11.8 Å². The van der Waals surface area contributed by atoms with E-state index in [9.17, 15) is 4.79 Å². The number of hydrogen-bond donors (Lipinski definition) is 2. The predicted molar refractivity (Wildman–Crippen MR) is 82.5 cm³/mol. The first-order valence-electron chi connectivity index (χ1n) is 7.85. The lowest BCUT2D eigenvalue weighted by molar-refractivity contribution is -0.123. The second kappa shape index (κ2) is 7.53. The first-order chi connectivity index (χ1) is 9.20. The van der Waals surface area contributed by atoms with E-state index in [1.165, 1.54) is 25.7 Å². The molecule has 110 valence electrons. The minimum atomic E-state index is 0.0642. The Balaban J connectivity index is 1.71. The van der Waals surface area contributed by atoms with Gasteiger partial charge in [0, 0.05) is 12.1 Å². The first-order valence-corrected chi connectivity index (χ1v) is 9.00. The Bertz CT molecular complexity index is 284. The van der Waals surface area contributed by atoms with E-state index in [2.05, 4.69) is 24.5 Å². The highest BCUT2D eigenvalue weighted by Crippen LogP contribution is 2.33. The van der Waals surface area contributed by atoms with Crippen LogP contribution in [0, 0.1) is 5.92 Å². The fourth-order valence-electron chi connectivity index (χ4n) is 3.34. The fourth-order valence-corrected chi connectivity index (χ4v) is 4.15. The van der Waals surface area contributed by atoms with Crippen molar-refractivity contribution >= 4 is 17.7 Å². The van der Waals surface area contributed by atoms with Gasteiger partial charge in [-0.05, 0) is 50.0 Å². The second-order valence-corrected chi connectivity index (χ2v) is 7.40. The van der Waals surface area contributed by atoms with Crippen molar-refractivity contribution < 1.29 is 4.79 Å². The van der Waals surface area contributed by atoms with Crippen LogP contribution >= 0.6 is 11.8 Å². The Morgan fingerprint density at radius 1 is 1.42 bits per heavy atom. The summed E-state index contributed by atoms with van der Waals surface area (Å²) >= 11 is 1.95. The van der Waals surface area contributed by atoms with E-state index in [4.69, 9.17) is 0 Å². The van der Waals surface area contributed by atoms with E-state index < -0.39 is 0 Å². The molecular weight excluding hydrogens is 256 g/mol. The van der Waals surface area contributed by atoms with Crippen LogP contribution in [0.4, 0.5) is 0 Å². The highest BCUT2D eigenvalue weighted by molar-refractivity contribution is 7.99. The van der Waals surface area contributed by atoms with E-state index in [-0.39, 0.29) is 11.9 Å². The van der Waals surface area contributed by atoms with Gasteiger partial charge < -0.3 is 10.6 Å². The maximum Gasteiger partial charge on any atom is 0.237 e. The van der Waals surface area contributed by atoms with Gasteiger partial charge in [0.25, 0.3) is 0 Å². The molecule has 2 N–H and O–H groups in total. The molecule has 1 heterocycles. The molecule has 1 amide bonds. The summed E-state index contributed by atoms with van der Waals surface area (Å²) in [5.74, 6) is 3.27. The molecule has 19 heavy (non-hydrogen) atoms. The number of fused-ring (bicyclic) bond motifs is 1. The van der Waals surface area contributed by atoms with Gasteiger partial charge in [0.15, 0.2) is 0 Å². The zero-order valence-electron chi connectivity index (χ0n) is 12.3. The maximum absolute atomic E-state index is 12.3. The smallest absolute Gasteiger partial charge is 0.237 e. The van der Waals surface area contributed by atoms with Gasteiger partial charge in [-0.25, -0.2) is 0 Å². The molecule has 0 aromatic carbocycles. The largest absolute Gasteiger partial charge is 0.352 e. The number of thioether (sulfide) groups is 1. The average Bonchev–Trinajstić information content (AvgIpc) is 2.83. The van der Waals surface area contributed by atoms with Gasteiger partial charge in [0.2, 0.25) is 5.91 Å². The Morgan fingerprint density at radius 3 is 2.95 bits per heavy atom. The van der Waals surface area contributed by atoms with Crippen LogP contribution in [0.25, 0.3) is 0 Å². The molecule has 2 fully saturated rings. The van der Waals surface area contributed by atoms with Gasteiger partial charge in [-0.1, -0.05) is 19.8 Å². The monoisotopic (exact) mass is 284 g/mol. The summed E-state index contributed by atoms with van der Waals surface area (Å²) in [5.41, 5.74) is 0.